The third-order valence-corrected chi connectivity index (χ3v) is 3.05. The molecule has 0 amide bonds. The van der Waals surface area contributed by atoms with Gasteiger partial charge in [0.25, 0.3) is 0 Å². The SMILES string of the molecule is NC1CCN(c2ccccc2Cl)CC1. The van der Waals surface area contributed by atoms with Crippen LogP contribution < -0.4 is 10.6 Å². The lowest BCUT2D eigenvalue weighted by Gasteiger charge is -2.32. The Morgan fingerprint density at radius 2 is 1.86 bits per heavy atom. The highest BCUT2D eigenvalue weighted by Crippen LogP contribution is 2.27. The predicted molar refractivity (Wildman–Crippen MR) is 60.9 cm³/mol. The first kappa shape index (κ1) is 9.81. The van der Waals surface area contributed by atoms with Crippen molar-refractivity contribution in [1.29, 1.82) is 0 Å². The van der Waals surface area contributed by atoms with Gasteiger partial charge in [0, 0.05) is 19.1 Å². The molecule has 2 N–H and O–H groups in total. The number of halogens is 1. The summed E-state index contributed by atoms with van der Waals surface area (Å²) in [6, 6.07) is 8.36. The molecule has 1 heterocycles. The van der Waals surface area contributed by atoms with E-state index in [9.17, 15) is 0 Å². The van der Waals surface area contributed by atoms with Crippen molar-refractivity contribution in [2.75, 3.05) is 18.0 Å². The van der Waals surface area contributed by atoms with Crippen molar-refractivity contribution in [3.05, 3.63) is 29.3 Å². The number of rotatable bonds is 1. The number of benzene rings is 1. The smallest absolute Gasteiger partial charge is 0.0639 e. The van der Waals surface area contributed by atoms with E-state index >= 15 is 0 Å². The van der Waals surface area contributed by atoms with E-state index in [2.05, 4.69) is 11.0 Å². The third kappa shape index (κ3) is 2.02. The van der Waals surface area contributed by atoms with E-state index in [1.54, 1.807) is 0 Å². The molecule has 0 radical (unpaired) electrons. The maximum absolute atomic E-state index is 6.12. The van der Waals surface area contributed by atoms with E-state index in [0.29, 0.717) is 6.04 Å². The average molecular weight is 211 g/mol. The van der Waals surface area contributed by atoms with Gasteiger partial charge in [-0.2, -0.15) is 0 Å². The predicted octanol–water partition coefficient (Wildman–Crippen LogP) is 2.27. The van der Waals surface area contributed by atoms with E-state index in [4.69, 9.17) is 17.3 Å². The van der Waals surface area contributed by atoms with Crippen LogP contribution in [0.2, 0.25) is 5.02 Å². The van der Waals surface area contributed by atoms with E-state index in [0.717, 1.165) is 36.6 Å². The fraction of sp³-hybridized carbons (Fsp3) is 0.455. The van der Waals surface area contributed by atoms with Crippen LogP contribution in [0.5, 0.6) is 0 Å². The molecule has 0 aliphatic carbocycles. The molecule has 3 heteroatoms. The van der Waals surface area contributed by atoms with Crippen LogP contribution in [0, 0.1) is 0 Å². The minimum absolute atomic E-state index is 0.369. The summed E-state index contributed by atoms with van der Waals surface area (Å²) in [4.78, 5) is 2.31. The molecule has 1 aromatic carbocycles. The highest BCUT2D eigenvalue weighted by atomic mass is 35.5. The Bertz CT molecular complexity index is 306. The zero-order valence-corrected chi connectivity index (χ0v) is 8.87. The van der Waals surface area contributed by atoms with E-state index in [-0.39, 0.29) is 0 Å². The second-order valence-electron chi connectivity index (χ2n) is 3.78. The fourth-order valence-electron chi connectivity index (χ4n) is 1.85. The highest BCUT2D eigenvalue weighted by molar-refractivity contribution is 6.33. The largest absolute Gasteiger partial charge is 0.370 e. The number of nitrogens with two attached hydrogens (primary N) is 1. The fourth-order valence-corrected chi connectivity index (χ4v) is 2.10. The first-order valence-electron chi connectivity index (χ1n) is 5.02. The average Bonchev–Trinajstić information content (AvgIpc) is 2.20. The Labute approximate surface area is 89.7 Å². The Balaban J connectivity index is 2.12. The number of anilines is 1. The lowest BCUT2D eigenvalue weighted by Crippen LogP contribution is -2.39. The zero-order chi connectivity index (χ0) is 9.97. The van der Waals surface area contributed by atoms with Gasteiger partial charge in [-0.05, 0) is 25.0 Å². The lowest BCUT2D eigenvalue weighted by atomic mass is 10.1. The van der Waals surface area contributed by atoms with Gasteiger partial charge in [-0.3, -0.25) is 0 Å². The van der Waals surface area contributed by atoms with Gasteiger partial charge < -0.3 is 10.6 Å². The van der Waals surface area contributed by atoms with Crippen molar-refractivity contribution < 1.29 is 0 Å². The van der Waals surface area contributed by atoms with Gasteiger partial charge in [-0.15, -0.1) is 0 Å². The lowest BCUT2D eigenvalue weighted by molar-refractivity contribution is 0.501. The number of hydrogen-bond donors (Lipinski definition) is 1. The summed E-state index contributed by atoms with van der Waals surface area (Å²) >= 11 is 6.12. The molecule has 1 aromatic rings. The van der Waals surface area contributed by atoms with Crippen LogP contribution >= 0.6 is 11.6 Å². The summed E-state index contributed by atoms with van der Waals surface area (Å²) in [5.74, 6) is 0. The summed E-state index contributed by atoms with van der Waals surface area (Å²) in [5.41, 5.74) is 6.99. The molecular formula is C11H15ClN2. The topological polar surface area (TPSA) is 29.3 Å². The van der Waals surface area contributed by atoms with Gasteiger partial charge in [0.15, 0.2) is 0 Å². The molecule has 2 rings (SSSR count). The van der Waals surface area contributed by atoms with E-state index in [1.165, 1.54) is 0 Å². The Hall–Kier alpha value is -0.730. The number of hydrogen-bond acceptors (Lipinski definition) is 2. The maximum Gasteiger partial charge on any atom is 0.0639 e. The molecular weight excluding hydrogens is 196 g/mol. The van der Waals surface area contributed by atoms with Crippen molar-refractivity contribution >= 4 is 17.3 Å². The van der Waals surface area contributed by atoms with Crippen LogP contribution in [0.4, 0.5) is 5.69 Å². The van der Waals surface area contributed by atoms with Crippen molar-refractivity contribution in [1.82, 2.24) is 0 Å². The molecule has 1 aliphatic rings. The van der Waals surface area contributed by atoms with Crippen LogP contribution in [0.1, 0.15) is 12.8 Å². The van der Waals surface area contributed by atoms with E-state index < -0.39 is 0 Å². The van der Waals surface area contributed by atoms with Gasteiger partial charge in [-0.25, -0.2) is 0 Å². The van der Waals surface area contributed by atoms with Crippen molar-refractivity contribution in [2.45, 2.75) is 18.9 Å². The number of nitrogens with zero attached hydrogens (tertiary/aromatic N) is 1. The molecule has 1 fully saturated rings. The number of piperidine rings is 1. The molecule has 1 saturated heterocycles. The van der Waals surface area contributed by atoms with Crippen molar-refractivity contribution in [3.63, 3.8) is 0 Å². The maximum atomic E-state index is 6.12. The standard InChI is InChI=1S/C11H15ClN2/c12-10-3-1-2-4-11(10)14-7-5-9(13)6-8-14/h1-4,9H,5-8,13H2. The molecule has 14 heavy (non-hydrogen) atoms. The molecule has 0 unspecified atom stereocenters. The summed E-state index contributed by atoms with van der Waals surface area (Å²) in [5, 5.41) is 0.836. The zero-order valence-electron chi connectivity index (χ0n) is 8.12. The third-order valence-electron chi connectivity index (χ3n) is 2.73. The van der Waals surface area contributed by atoms with Crippen LogP contribution in [-0.2, 0) is 0 Å². The minimum Gasteiger partial charge on any atom is -0.370 e. The Kier molecular flexibility index (Phi) is 2.94. The molecule has 0 spiro atoms. The van der Waals surface area contributed by atoms with Gasteiger partial charge in [-0.1, -0.05) is 23.7 Å². The molecule has 0 atom stereocenters. The Morgan fingerprint density at radius 1 is 1.21 bits per heavy atom. The minimum atomic E-state index is 0.369. The molecule has 0 saturated carbocycles. The van der Waals surface area contributed by atoms with Crippen LogP contribution in [0.3, 0.4) is 0 Å². The first-order chi connectivity index (χ1) is 6.77. The molecule has 76 valence electrons. The quantitative estimate of drug-likeness (QED) is 0.771. The normalized spacial score (nSPS) is 18.6. The number of para-hydroxylation sites is 1. The van der Waals surface area contributed by atoms with E-state index in [1.807, 2.05) is 18.2 Å². The molecule has 0 bridgehead atoms. The molecule has 0 aromatic heterocycles. The molecule has 2 nitrogen and oxygen atoms in total. The van der Waals surface area contributed by atoms with Crippen molar-refractivity contribution in [3.8, 4) is 0 Å². The van der Waals surface area contributed by atoms with Gasteiger partial charge >= 0.3 is 0 Å². The summed E-state index contributed by atoms with van der Waals surface area (Å²) in [6.45, 7) is 2.04. The van der Waals surface area contributed by atoms with Gasteiger partial charge in [0.1, 0.15) is 0 Å². The van der Waals surface area contributed by atoms with Gasteiger partial charge in [0.2, 0.25) is 0 Å². The Morgan fingerprint density at radius 3 is 2.50 bits per heavy atom. The summed E-state index contributed by atoms with van der Waals surface area (Å²) < 4.78 is 0. The second-order valence-corrected chi connectivity index (χ2v) is 4.18. The van der Waals surface area contributed by atoms with Crippen LogP contribution in [-0.4, -0.2) is 19.1 Å². The van der Waals surface area contributed by atoms with Crippen LogP contribution in [0.25, 0.3) is 0 Å². The first-order valence-corrected chi connectivity index (χ1v) is 5.40. The second kappa shape index (κ2) is 4.20. The summed E-state index contributed by atoms with van der Waals surface area (Å²) in [7, 11) is 0. The van der Waals surface area contributed by atoms with Crippen molar-refractivity contribution in [2.24, 2.45) is 5.73 Å². The highest BCUT2D eigenvalue weighted by Gasteiger charge is 2.17. The molecule has 1 aliphatic heterocycles. The summed E-state index contributed by atoms with van der Waals surface area (Å²) in [6.07, 6.45) is 2.12. The van der Waals surface area contributed by atoms with Gasteiger partial charge in [0.05, 0.1) is 10.7 Å². The van der Waals surface area contributed by atoms with Crippen LogP contribution in [0.15, 0.2) is 24.3 Å². The monoisotopic (exact) mass is 210 g/mol.